The number of aliphatic hydroxyl groups excluding tert-OH is 14. The Balaban J connectivity index is 1.55. The molecule has 4 aliphatic rings. The van der Waals surface area contributed by atoms with Gasteiger partial charge in [0.15, 0.2) is 18.9 Å². The highest BCUT2D eigenvalue weighted by molar-refractivity contribution is 5.78. The van der Waals surface area contributed by atoms with E-state index < -0.39 is 186 Å². The van der Waals surface area contributed by atoms with E-state index in [1.54, 1.807) is 0 Å². The minimum atomic E-state index is -2.98. The summed E-state index contributed by atoms with van der Waals surface area (Å²) >= 11 is 0. The molecule has 0 bridgehead atoms. The molecule has 58 heavy (non-hydrogen) atoms. The third-order valence-electron chi connectivity index (χ3n) is 10.1. The molecular formula is C31H52N2O25. The van der Waals surface area contributed by atoms with Crippen LogP contribution >= 0.6 is 0 Å². The van der Waals surface area contributed by atoms with E-state index in [9.17, 15) is 91.0 Å². The Morgan fingerprint density at radius 1 is 0.724 bits per heavy atom. The van der Waals surface area contributed by atoms with Crippen LogP contribution in [0.4, 0.5) is 0 Å². The number of amides is 2. The average molecular weight is 853 g/mol. The van der Waals surface area contributed by atoms with Gasteiger partial charge < -0.3 is 120 Å². The van der Waals surface area contributed by atoms with E-state index >= 15 is 0 Å². The number of hydrogen-bond acceptors (Lipinski definition) is 24. The number of nitrogens with one attached hydrogen (secondary N) is 2. The normalized spacial score (nSPS) is 44.5. The number of aliphatic hydroxyl groups is 14. The Morgan fingerprint density at radius 2 is 1.31 bits per heavy atom. The highest BCUT2D eigenvalue weighted by Gasteiger charge is 2.58. The molecule has 0 aromatic heterocycles. The summed E-state index contributed by atoms with van der Waals surface area (Å²) in [6.45, 7) is -4.12. The maximum absolute atomic E-state index is 12.6. The van der Waals surface area contributed by atoms with Crippen LogP contribution in [0.15, 0.2) is 0 Å². The molecule has 4 saturated heterocycles. The van der Waals surface area contributed by atoms with Gasteiger partial charge in [-0.25, -0.2) is 4.79 Å². The molecule has 4 fully saturated rings. The summed E-state index contributed by atoms with van der Waals surface area (Å²) in [5.41, 5.74) is 0. The van der Waals surface area contributed by atoms with Gasteiger partial charge in [-0.2, -0.15) is 0 Å². The zero-order chi connectivity index (χ0) is 43.4. The van der Waals surface area contributed by atoms with Crippen LogP contribution in [0.25, 0.3) is 0 Å². The van der Waals surface area contributed by atoms with Crippen LogP contribution in [0.3, 0.4) is 0 Å². The van der Waals surface area contributed by atoms with Crippen LogP contribution in [-0.4, -0.2) is 256 Å². The molecule has 27 heteroatoms. The molecule has 0 spiro atoms. The molecule has 2 amide bonds. The maximum atomic E-state index is 12.6. The number of carbonyl (C=O) groups is 3. The number of rotatable bonds is 16. The van der Waals surface area contributed by atoms with Crippen molar-refractivity contribution >= 4 is 17.8 Å². The Kier molecular flexibility index (Phi) is 17.0. The lowest BCUT2D eigenvalue weighted by Gasteiger charge is -2.49. The highest BCUT2D eigenvalue weighted by Crippen LogP contribution is 2.36. The first kappa shape index (κ1) is 48.2. The largest absolute Gasteiger partial charge is 0.477 e. The SMILES string of the molecule is CC(=O)N[C@H]1C(O)O[C@H](CO[C@]2(C(=O)O)C[C@H](O)[C@@H](NC(=O)CO)[C@H]([C@H](O)[C@H](O)CO)O2)[C@H](O)[C@@H]1O[C@@H]1O[C@H](CO)[C@H](O[C@@H]2O[C@H](CO)[C@H](O)[C@H](O)[C@H]2O)[C@H](O)[C@H]1O. The Morgan fingerprint density at radius 3 is 1.86 bits per heavy atom. The first-order valence-electron chi connectivity index (χ1n) is 17.9. The second-order valence-corrected chi connectivity index (χ2v) is 14.1. The average Bonchev–Trinajstić information content (AvgIpc) is 3.19. The molecule has 0 aromatic carbocycles. The Bertz CT molecular complexity index is 1360. The summed E-state index contributed by atoms with van der Waals surface area (Å²) < 4.78 is 38.5. The minimum absolute atomic E-state index is 0.818. The highest BCUT2D eigenvalue weighted by atomic mass is 16.8. The molecule has 0 radical (unpaired) electrons. The minimum Gasteiger partial charge on any atom is -0.477 e. The number of carboxylic acid groups (broad SMARTS) is 1. The van der Waals surface area contributed by atoms with Gasteiger partial charge in [0.25, 0.3) is 5.79 Å². The fourth-order valence-electron chi connectivity index (χ4n) is 6.93. The first-order valence-corrected chi connectivity index (χ1v) is 17.9. The molecule has 21 atom stereocenters. The van der Waals surface area contributed by atoms with Crippen LogP contribution in [0.1, 0.15) is 13.3 Å². The number of carboxylic acids is 1. The standard InChI is InChI=1S/C31H52N2O25/c1-8(38)32-16-25(57-29-23(48)21(46)24(12(5-36)55-29)56-28-22(47)20(45)18(43)11(4-35)54-28)19(44)13(53-27(16)49)7-52-31(30(50)51)2-9(39)15(33-14(41)6-37)26(58-31)17(42)10(40)3-34/h9-13,15-29,34-37,39-40,42-49H,2-7H2,1H3,(H,32,38)(H,33,41)(H,50,51)/t9-,10+,11+,12+,13+,15+,16+,17+,18-,19-,20-,21+,22+,23+,24-,25+,26+,27?,28-,29-,31+/m0/s1. The topological polar surface area (TPSA) is 443 Å². The lowest BCUT2D eigenvalue weighted by molar-refractivity contribution is -0.374. The summed E-state index contributed by atoms with van der Waals surface area (Å²) in [4.78, 5) is 36.7. The number of ether oxygens (including phenoxy) is 7. The van der Waals surface area contributed by atoms with Gasteiger partial charge in [-0.05, 0) is 0 Å². The molecule has 27 nitrogen and oxygen atoms in total. The molecule has 0 aromatic rings. The van der Waals surface area contributed by atoms with E-state index in [1.807, 2.05) is 0 Å². The fourth-order valence-corrected chi connectivity index (χ4v) is 6.93. The predicted octanol–water partition coefficient (Wildman–Crippen LogP) is -11.3. The molecule has 0 saturated carbocycles. The summed E-state index contributed by atoms with van der Waals surface area (Å²) in [5.74, 6) is -6.87. The second kappa shape index (κ2) is 20.4. The second-order valence-electron chi connectivity index (χ2n) is 14.1. The quantitative estimate of drug-likeness (QED) is 0.0685. The molecule has 1 unspecified atom stereocenters. The van der Waals surface area contributed by atoms with Gasteiger partial charge in [-0.1, -0.05) is 0 Å². The van der Waals surface area contributed by atoms with E-state index in [0.717, 1.165) is 6.92 Å². The van der Waals surface area contributed by atoms with Crippen LogP contribution in [0.5, 0.6) is 0 Å². The van der Waals surface area contributed by atoms with Gasteiger partial charge in [0, 0.05) is 13.3 Å². The van der Waals surface area contributed by atoms with E-state index in [4.69, 9.17) is 33.2 Å². The van der Waals surface area contributed by atoms with Crippen LogP contribution in [-0.2, 0) is 47.5 Å². The van der Waals surface area contributed by atoms with Gasteiger partial charge in [-0.15, -0.1) is 0 Å². The summed E-state index contributed by atoms with van der Waals surface area (Å²) in [6.07, 6.45) is -35.8. The van der Waals surface area contributed by atoms with Crippen molar-refractivity contribution in [3.05, 3.63) is 0 Å². The molecule has 4 aliphatic heterocycles. The molecule has 336 valence electrons. The van der Waals surface area contributed by atoms with Crippen molar-refractivity contribution in [3.8, 4) is 0 Å². The maximum Gasteiger partial charge on any atom is 0.364 e. The summed E-state index contributed by atoms with van der Waals surface area (Å²) in [7, 11) is 0. The smallest absolute Gasteiger partial charge is 0.364 e. The Hall–Kier alpha value is -2.43. The number of aliphatic carboxylic acids is 1. The van der Waals surface area contributed by atoms with Crippen molar-refractivity contribution in [1.29, 1.82) is 0 Å². The van der Waals surface area contributed by atoms with Crippen LogP contribution < -0.4 is 10.6 Å². The summed E-state index contributed by atoms with van der Waals surface area (Å²) in [5, 5.41) is 159. The third-order valence-corrected chi connectivity index (χ3v) is 10.1. The van der Waals surface area contributed by atoms with Crippen LogP contribution in [0, 0.1) is 0 Å². The van der Waals surface area contributed by atoms with Crippen molar-refractivity contribution < 1.29 is 124 Å². The van der Waals surface area contributed by atoms with Gasteiger partial charge in [-0.3, -0.25) is 9.59 Å². The lowest BCUT2D eigenvalue weighted by Crippen LogP contribution is -2.70. The van der Waals surface area contributed by atoms with Crippen molar-refractivity contribution in [2.75, 3.05) is 33.0 Å². The van der Waals surface area contributed by atoms with Crippen molar-refractivity contribution in [2.24, 2.45) is 0 Å². The van der Waals surface area contributed by atoms with Gasteiger partial charge in [0.2, 0.25) is 11.8 Å². The molecule has 17 N–H and O–H groups in total. The van der Waals surface area contributed by atoms with Gasteiger partial charge >= 0.3 is 5.97 Å². The van der Waals surface area contributed by atoms with Crippen LogP contribution in [0.2, 0.25) is 0 Å². The zero-order valence-electron chi connectivity index (χ0n) is 30.6. The Labute approximate surface area is 327 Å². The lowest BCUT2D eigenvalue weighted by atomic mass is 9.88. The molecular weight excluding hydrogens is 800 g/mol. The molecule has 4 rings (SSSR count). The van der Waals surface area contributed by atoms with Crippen molar-refractivity contribution in [2.45, 2.75) is 142 Å². The van der Waals surface area contributed by atoms with Gasteiger partial charge in [0.05, 0.1) is 38.6 Å². The molecule has 0 aliphatic carbocycles. The monoisotopic (exact) mass is 852 g/mol. The number of hydrogen-bond donors (Lipinski definition) is 17. The fraction of sp³-hybridized carbons (Fsp3) is 0.903. The first-order chi connectivity index (χ1) is 27.2. The van der Waals surface area contributed by atoms with E-state index in [1.165, 1.54) is 0 Å². The summed E-state index contributed by atoms with van der Waals surface area (Å²) in [6, 6.07) is -3.40. The third kappa shape index (κ3) is 10.4. The number of carbonyl (C=O) groups excluding carboxylic acids is 2. The van der Waals surface area contributed by atoms with Crippen molar-refractivity contribution in [1.82, 2.24) is 10.6 Å². The van der Waals surface area contributed by atoms with E-state index in [2.05, 4.69) is 10.6 Å². The zero-order valence-corrected chi connectivity index (χ0v) is 30.6. The van der Waals surface area contributed by atoms with Crippen molar-refractivity contribution in [3.63, 3.8) is 0 Å². The predicted molar refractivity (Wildman–Crippen MR) is 176 cm³/mol. The van der Waals surface area contributed by atoms with E-state index in [-0.39, 0.29) is 0 Å². The van der Waals surface area contributed by atoms with E-state index in [0.29, 0.717) is 0 Å². The van der Waals surface area contributed by atoms with Gasteiger partial charge in [0.1, 0.15) is 98.1 Å². The molecule has 4 heterocycles.